The molecule has 1 aromatic heterocycles. The molecule has 0 aliphatic carbocycles. The van der Waals surface area contributed by atoms with Gasteiger partial charge in [-0.25, -0.2) is 0 Å². The number of imidazole rings is 1. The van der Waals surface area contributed by atoms with E-state index in [1.165, 1.54) is 11.5 Å². The maximum atomic E-state index is 10.6. The van der Waals surface area contributed by atoms with Crippen LogP contribution in [0.3, 0.4) is 0 Å². The van der Waals surface area contributed by atoms with Gasteiger partial charge in [-0.1, -0.05) is 0 Å². The number of carbonyl (C=O) groups is 1. The molecular formula is C7H9N3O4. The van der Waals surface area contributed by atoms with Crippen molar-refractivity contribution in [3.8, 4) is 6.01 Å². The standard InChI is InChI=1S/C7H9N3O4/c1-3-9-6(10(12)13)4-8-7(9)14-5(2)11/h4H,3H2,1-2H3. The van der Waals surface area contributed by atoms with Gasteiger partial charge in [0, 0.05) is 6.92 Å². The molecule has 0 N–H and O–H groups in total. The number of carbonyl (C=O) groups excluding carboxylic acids is 1. The van der Waals surface area contributed by atoms with E-state index < -0.39 is 10.9 Å². The summed E-state index contributed by atoms with van der Waals surface area (Å²) < 4.78 is 5.89. The largest absolute Gasteiger partial charge is 0.398 e. The Kier molecular flexibility index (Phi) is 2.80. The van der Waals surface area contributed by atoms with E-state index in [1.807, 2.05) is 0 Å². The molecule has 0 spiro atoms. The second-order valence-corrected chi connectivity index (χ2v) is 2.49. The third-order valence-corrected chi connectivity index (χ3v) is 1.54. The quantitative estimate of drug-likeness (QED) is 0.407. The van der Waals surface area contributed by atoms with Gasteiger partial charge in [-0.05, 0) is 11.8 Å². The van der Waals surface area contributed by atoms with Crippen LogP contribution in [-0.2, 0) is 11.3 Å². The lowest BCUT2D eigenvalue weighted by Crippen LogP contribution is -2.09. The average molecular weight is 199 g/mol. The summed E-state index contributed by atoms with van der Waals surface area (Å²) in [6, 6.07) is -0.0494. The fourth-order valence-corrected chi connectivity index (χ4v) is 1.00. The fraction of sp³-hybridized carbons (Fsp3) is 0.429. The van der Waals surface area contributed by atoms with E-state index in [0.717, 1.165) is 6.20 Å². The summed E-state index contributed by atoms with van der Waals surface area (Å²) in [6.07, 6.45) is 1.06. The Labute approximate surface area is 79.5 Å². The highest BCUT2D eigenvalue weighted by molar-refractivity contribution is 5.68. The molecule has 7 nitrogen and oxygen atoms in total. The summed E-state index contributed by atoms with van der Waals surface area (Å²) in [7, 11) is 0. The minimum Gasteiger partial charge on any atom is -0.374 e. The van der Waals surface area contributed by atoms with Gasteiger partial charge in [-0.15, -0.1) is 0 Å². The topological polar surface area (TPSA) is 87.3 Å². The first-order valence-corrected chi connectivity index (χ1v) is 3.94. The van der Waals surface area contributed by atoms with Crippen LogP contribution in [0.5, 0.6) is 6.01 Å². The first-order chi connectivity index (χ1) is 6.56. The Bertz CT molecular complexity index is 371. The van der Waals surface area contributed by atoms with Crippen LogP contribution in [0.15, 0.2) is 6.20 Å². The van der Waals surface area contributed by atoms with Crippen molar-refractivity contribution >= 4 is 11.8 Å². The number of aromatic nitrogens is 2. The second-order valence-electron chi connectivity index (χ2n) is 2.49. The average Bonchev–Trinajstić information content (AvgIpc) is 2.46. The van der Waals surface area contributed by atoms with Crippen LogP contribution >= 0.6 is 0 Å². The molecule has 0 amide bonds. The molecule has 1 rings (SSSR count). The van der Waals surface area contributed by atoms with Gasteiger partial charge >= 0.3 is 17.8 Å². The zero-order valence-electron chi connectivity index (χ0n) is 7.76. The van der Waals surface area contributed by atoms with Crippen molar-refractivity contribution < 1.29 is 14.5 Å². The third-order valence-electron chi connectivity index (χ3n) is 1.54. The first-order valence-electron chi connectivity index (χ1n) is 3.94. The van der Waals surface area contributed by atoms with E-state index in [-0.39, 0.29) is 11.8 Å². The summed E-state index contributed by atoms with van der Waals surface area (Å²) in [4.78, 5) is 24.1. The highest BCUT2D eigenvalue weighted by atomic mass is 16.6. The van der Waals surface area contributed by atoms with Gasteiger partial charge in [0.2, 0.25) is 0 Å². The molecule has 0 radical (unpaired) electrons. The lowest BCUT2D eigenvalue weighted by atomic mass is 10.6. The van der Waals surface area contributed by atoms with Crippen LogP contribution in [0.25, 0.3) is 0 Å². The van der Waals surface area contributed by atoms with Gasteiger partial charge in [0.05, 0.1) is 6.54 Å². The Morgan fingerprint density at radius 1 is 1.79 bits per heavy atom. The third kappa shape index (κ3) is 1.87. The number of nitrogens with zero attached hydrogens (tertiary/aromatic N) is 3. The molecule has 0 fully saturated rings. The van der Waals surface area contributed by atoms with E-state index in [0.29, 0.717) is 6.54 Å². The van der Waals surface area contributed by atoms with E-state index in [4.69, 9.17) is 0 Å². The van der Waals surface area contributed by atoms with E-state index in [9.17, 15) is 14.9 Å². The molecular weight excluding hydrogens is 190 g/mol. The van der Waals surface area contributed by atoms with Crippen molar-refractivity contribution in [2.75, 3.05) is 0 Å². The van der Waals surface area contributed by atoms with E-state index >= 15 is 0 Å². The van der Waals surface area contributed by atoms with Crippen molar-refractivity contribution in [1.82, 2.24) is 9.55 Å². The molecule has 7 heteroatoms. The first kappa shape index (κ1) is 10.2. The number of ether oxygens (including phenoxy) is 1. The van der Waals surface area contributed by atoms with Gasteiger partial charge in [0.25, 0.3) is 0 Å². The summed E-state index contributed by atoms with van der Waals surface area (Å²) in [5, 5.41) is 10.5. The lowest BCUT2D eigenvalue weighted by molar-refractivity contribution is -0.392. The van der Waals surface area contributed by atoms with Crippen LogP contribution < -0.4 is 4.74 Å². The van der Waals surface area contributed by atoms with Gasteiger partial charge in [0.1, 0.15) is 6.20 Å². The minimum atomic E-state index is -0.580. The van der Waals surface area contributed by atoms with Crippen LogP contribution in [0.4, 0.5) is 5.82 Å². The zero-order chi connectivity index (χ0) is 10.7. The van der Waals surface area contributed by atoms with Crippen LogP contribution in [0.1, 0.15) is 13.8 Å². The van der Waals surface area contributed by atoms with Crippen LogP contribution in [-0.4, -0.2) is 20.4 Å². The van der Waals surface area contributed by atoms with Crippen LogP contribution in [0, 0.1) is 10.1 Å². The number of hydrogen-bond acceptors (Lipinski definition) is 5. The molecule has 1 aromatic rings. The van der Waals surface area contributed by atoms with Crippen molar-refractivity contribution in [1.29, 1.82) is 0 Å². The predicted octanol–water partition coefficient (Wildman–Crippen LogP) is 0.736. The summed E-state index contributed by atoms with van der Waals surface area (Å²) >= 11 is 0. The number of rotatable bonds is 3. The second kappa shape index (κ2) is 3.86. The summed E-state index contributed by atoms with van der Waals surface area (Å²) in [5.41, 5.74) is 0. The summed E-state index contributed by atoms with van der Waals surface area (Å²) in [6.45, 7) is 3.22. The normalized spacial score (nSPS) is 9.86. The molecule has 0 unspecified atom stereocenters. The summed E-state index contributed by atoms with van der Waals surface area (Å²) in [5.74, 6) is -0.746. The Balaban J connectivity index is 3.07. The van der Waals surface area contributed by atoms with Crippen molar-refractivity contribution in [2.24, 2.45) is 0 Å². The number of esters is 1. The van der Waals surface area contributed by atoms with Gasteiger partial charge in [-0.3, -0.25) is 4.79 Å². The molecule has 0 saturated carbocycles. The van der Waals surface area contributed by atoms with Crippen LogP contribution in [0.2, 0.25) is 0 Å². The SMILES string of the molecule is CCn1c([N+](=O)[O-])cnc1OC(C)=O. The molecule has 0 aliphatic rings. The van der Waals surface area contributed by atoms with Crippen molar-refractivity contribution in [3.63, 3.8) is 0 Å². The lowest BCUT2D eigenvalue weighted by Gasteiger charge is -1.99. The Morgan fingerprint density at radius 3 is 2.86 bits per heavy atom. The van der Waals surface area contributed by atoms with E-state index in [1.54, 1.807) is 6.92 Å². The Hall–Kier alpha value is -1.92. The molecule has 76 valence electrons. The molecule has 0 aliphatic heterocycles. The van der Waals surface area contributed by atoms with Gasteiger partial charge in [0.15, 0.2) is 0 Å². The maximum Gasteiger partial charge on any atom is 0.398 e. The van der Waals surface area contributed by atoms with Crippen molar-refractivity contribution in [2.45, 2.75) is 20.4 Å². The molecule has 1 heterocycles. The predicted molar refractivity (Wildman–Crippen MR) is 45.9 cm³/mol. The number of nitro groups is 1. The zero-order valence-corrected chi connectivity index (χ0v) is 7.76. The van der Waals surface area contributed by atoms with Gasteiger partial charge < -0.3 is 14.9 Å². The van der Waals surface area contributed by atoms with E-state index in [2.05, 4.69) is 9.72 Å². The smallest absolute Gasteiger partial charge is 0.374 e. The highest BCUT2D eigenvalue weighted by Crippen LogP contribution is 2.19. The monoisotopic (exact) mass is 199 g/mol. The Morgan fingerprint density at radius 2 is 2.43 bits per heavy atom. The van der Waals surface area contributed by atoms with Gasteiger partial charge in [-0.2, -0.15) is 9.55 Å². The van der Waals surface area contributed by atoms with Crippen molar-refractivity contribution in [3.05, 3.63) is 16.3 Å². The molecule has 0 atom stereocenters. The molecule has 0 aromatic carbocycles. The minimum absolute atomic E-state index is 0.0494. The highest BCUT2D eigenvalue weighted by Gasteiger charge is 2.20. The molecule has 14 heavy (non-hydrogen) atoms. The molecule has 0 bridgehead atoms. The maximum absolute atomic E-state index is 10.6. The fourth-order valence-electron chi connectivity index (χ4n) is 1.00. The molecule has 0 saturated heterocycles. The number of hydrogen-bond donors (Lipinski definition) is 0.